The van der Waals surface area contributed by atoms with Gasteiger partial charge in [0.2, 0.25) is 0 Å². The molecule has 17 nitrogen and oxygen atoms in total. The van der Waals surface area contributed by atoms with Gasteiger partial charge in [0, 0.05) is 25.7 Å². The molecule has 0 aromatic rings. The number of aliphatic hydroxyl groups is 1. The number of ether oxygens (including phenoxy) is 4. The van der Waals surface area contributed by atoms with Crippen molar-refractivity contribution in [2.75, 3.05) is 39.6 Å². The first-order valence-electron chi connectivity index (χ1n) is 35.4. The standard InChI is InChI=1S/C68H132O17P2/c1-8-10-11-12-13-14-22-27-37-44-51-67(72)85-64(56-79-66(71)50-43-36-31-30-33-40-47-60(5)6)58-83-87(76,77)81-54-62(69)53-80-86(74,75)82-57-63(55-78-65(70)49-42-35-29-24-25-32-39-46-59(3)4)84-68(73)52-45-38-28-23-20-18-16-15-17-19-21-26-34-41-48-61(7)9-2/h59-64,69H,8-58H2,1-7H3,(H,74,75)(H,76,77)/t61?,62-,63-,64-/m1/s1. The summed E-state index contributed by atoms with van der Waals surface area (Å²) in [5.41, 5.74) is 0. The number of rotatable bonds is 66. The van der Waals surface area contributed by atoms with Crippen molar-refractivity contribution in [3.63, 3.8) is 0 Å². The molecule has 0 fully saturated rings. The minimum absolute atomic E-state index is 0.105. The number of esters is 4. The Morgan fingerprint density at radius 1 is 0.333 bits per heavy atom. The minimum Gasteiger partial charge on any atom is -0.462 e. The Kier molecular flexibility index (Phi) is 57.8. The number of carbonyl (C=O) groups excluding carboxylic acids is 4. The minimum atomic E-state index is -4.95. The predicted molar refractivity (Wildman–Crippen MR) is 349 cm³/mol. The maximum Gasteiger partial charge on any atom is 0.472 e. The van der Waals surface area contributed by atoms with Crippen LogP contribution in [0.3, 0.4) is 0 Å². The summed E-state index contributed by atoms with van der Waals surface area (Å²) >= 11 is 0. The van der Waals surface area contributed by atoms with Gasteiger partial charge in [-0.05, 0) is 43.4 Å². The molecule has 0 rings (SSSR count). The number of phosphoric ester groups is 2. The first-order valence-corrected chi connectivity index (χ1v) is 38.4. The SMILES string of the molecule is CCCCCCCCCCCCC(=O)O[C@H](COC(=O)CCCCCCCCC(C)C)COP(=O)(O)OC[C@H](O)COP(=O)(O)OC[C@@H](COC(=O)CCCCCCCCCC(C)C)OC(=O)CCCCCCCCCCCCCCCCC(C)CC. The van der Waals surface area contributed by atoms with Crippen LogP contribution in [0.15, 0.2) is 0 Å². The van der Waals surface area contributed by atoms with E-state index in [0.29, 0.717) is 37.5 Å². The third kappa shape index (κ3) is 61.3. The maximum atomic E-state index is 13.0. The average Bonchev–Trinajstić information content (AvgIpc) is 3.53. The average molecular weight is 1280 g/mol. The molecule has 3 unspecified atom stereocenters. The molecule has 0 saturated carbocycles. The van der Waals surface area contributed by atoms with Crippen LogP contribution >= 0.6 is 15.6 Å². The molecular weight excluding hydrogens is 1150 g/mol. The lowest BCUT2D eigenvalue weighted by atomic mass is 9.99. The summed E-state index contributed by atoms with van der Waals surface area (Å²) < 4.78 is 68.1. The molecule has 0 aliphatic carbocycles. The van der Waals surface area contributed by atoms with E-state index in [1.807, 2.05) is 0 Å². The Balaban J connectivity index is 5.20. The van der Waals surface area contributed by atoms with E-state index in [4.69, 9.17) is 37.0 Å². The van der Waals surface area contributed by atoms with Gasteiger partial charge >= 0.3 is 39.5 Å². The van der Waals surface area contributed by atoms with Crippen molar-refractivity contribution in [1.29, 1.82) is 0 Å². The van der Waals surface area contributed by atoms with E-state index in [1.54, 1.807) is 0 Å². The van der Waals surface area contributed by atoms with Gasteiger partial charge in [0.05, 0.1) is 26.4 Å². The van der Waals surface area contributed by atoms with Crippen LogP contribution < -0.4 is 0 Å². The van der Waals surface area contributed by atoms with Gasteiger partial charge < -0.3 is 33.8 Å². The van der Waals surface area contributed by atoms with Crippen LogP contribution in [-0.2, 0) is 65.4 Å². The third-order valence-corrected chi connectivity index (χ3v) is 17.9. The van der Waals surface area contributed by atoms with Crippen molar-refractivity contribution in [1.82, 2.24) is 0 Å². The van der Waals surface area contributed by atoms with Gasteiger partial charge in [-0.1, -0.05) is 286 Å². The number of hydrogen-bond donors (Lipinski definition) is 3. The van der Waals surface area contributed by atoms with Crippen LogP contribution in [0.5, 0.6) is 0 Å². The Labute approximate surface area is 530 Å². The van der Waals surface area contributed by atoms with Gasteiger partial charge in [-0.3, -0.25) is 37.3 Å². The second-order valence-electron chi connectivity index (χ2n) is 25.8. The van der Waals surface area contributed by atoms with Gasteiger partial charge in [-0.25, -0.2) is 9.13 Å². The van der Waals surface area contributed by atoms with Gasteiger partial charge in [0.1, 0.15) is 19.3 Å². The Hall–Kier alpha value is -1.94. The molecule has 0 aromatic heterocycles. The molecule has 0 aromatic carbocycles. The zero-order valence-electron chi connectivity index (χ0n) is 56.5. The Morgan fingerprint density at radius 3 is 0.874 bits per heavy atom. The number of carbonyl (C=O) groups is 4. The topological polar surface area (TPSA) is 237 Å². The van der Waals surface area contributed by atoms with Crippen molar-refractivity contribution in [2.24, 2.45) is 17.8 Å². The highest BCUT2D eigenvalue weighted by atomic mass is 31.2. The number of unbranched alkanes of at least 4 members (excludes halogenated alkanes) is 33. The fourth-order valence-electron chi connectivity index (χ4n) is 10.2. The molecule has 0 saturated heterocycles. The number of phosphoric acid groups is 2. The molecule has 0 radical (unpaired) electrons. The quantitative estimate of drug-likeness (QED) is 0.0222. The summed E-state index contributed by atoms with van der Waals surface area (Å²) in [4.78, 5) is 72.3. The molecule has 0 amide bonds. The van der Waals surface area contributed by atoms with Crippen molar-refractivity contribution >= 4 is 39.5 Å². The normalized spacial score (nSPS) is 14.6. The van der Waals surface area contributed by atoms with Crippen molar-refractivity contribution in [2.45, 2.75) is 356 Å². The highest BCUT2D eigenvalue weighted by Crippen LogP contribution is 2.45. The fourth-order valence-corrected chi connectivity index (χ4v) is 11.7. The van der Waals surface area contributed by atoms with E-state index >= 15 is 0 Å². The zero-order chi connectivity index (χ0) is 64.5. The summed E-state index contributed by atoms with van der Waals surface area (Å²) in [6.45, 7) is 11.7. The summed E-state index contributed by atoms with van der Waals surface area (Å²) in [6, 6.07) is 0. The molecule has 6 atom stereocenters. The van der Waals surface area contributed by atoms with Crippen LogP contribution in [0.2, 0.25) is 0 Å². The van der Waals surface area contributed by atoms with Crippen molar-refractivity contribution < 1.29 is 80.2 Å². The molecule has 0 bridgehead atoms. The van der Waals surface area contributed by atoms with E-state index in [-0.39, 0.29) is 25.7 Å². The van der Waals surface area contributed by atoms with Crippen LogP contribution in [-0.4, -0.2) is 96.7 Å². The maximum absolute atomic E-state index is 13.0. The highest BCUT2D eigenvalue weighted by Gasteiger charge is 2.30. The van der Waals surface area contributed by atoms with Crippen molar-refractivity contribution in [3.8, 4) is 0 Å². The zero-order valence-corrected chi connectivity index (χ0v) is 58.3. The van der Waals surface area contributed by atoms with Crippen LogP contribution in [0.1, 0.15) is 337 Å². The summed E-state index contributed by atoms with van der Waals surface area (Å²) in [5, 5.41) is 10.6. The highest BCUT2D eigenvalue weighted by molar-refractivity contribution is 7.47. The predicted octanol–water partition coefficient (Wildman–Crippen LogP) is 19.1. The Bertz CT molecular complexity index is 1720. The van der Waals surface area contributed by atoms with E-state index in [9.17, 15) is 43.2 Å². The Morgan fingerprint density at radius 2 is 0.586 bits per heavy atom. The van der Waals surface area contributed by atoms with Crippen LogP contribution in [0.25, 0.3) is 0 Å². The fraction of sp³-hybridized carbons (Fsp3) is 0.941. The molecular formula is C68H132O17P2. The number of hydrogen-bond acceptors (Lipinski definition) is 15. The summed E-state index contributed by atoms with van der Waals surface area (Å²) in [7, 11) is -9.89. The van der Waals surface area contributed by atoms with E-state index in [1.165, 1.54) is 135 Å². The molecule has 0 heterocycles. The van der Waals surface area contributed by atoms with Crippen LogP contribution in [0, 0.1) is 17.8 Å². The third-order valence-electron chi connectivity index (χ3n) is 16.0. The van der Waals surface area contributed by atoms with E-state index in [2.05, 4.69) is 48.5 Å². The lowest BCUT2D eigenvalue weighted by Crippen LogP contribution is -2.30. The summed E-state index contributed by atoms with van der Waals surface area (Å²) in [5.74, 6) is 0.0982. The van der Waals surface area contributed by atoms with E-state index < -0.39 is 97.5 Å². The number of aliphatic hydroxyl groups excluding tert-OH is 1. The lowest BCUT2D eigenvalue weighted by Gasteiger charge is -2.21. The van der Waals surface area contributed by atoms with E-state index in [0.717, 1.165) is 109 Å². The molecule has 3 N–H and O–H groups in total. The molecule has 516 valence electrons. The van der Waals surface area contributed by atoms with Gasteiger partial charge in [-0.15, -0.1) is 0 Å². The first-order chi connectivity index (χ1) is 41.8. The van der Waals surface area contributed by atoms with Gasteiger partial charge in [0.15, 0.2) is 12.2 Å². The first kappa shape index (κ1) is 85.1. The molecule has 19 heteroatoms. The lowest BCUT2D eigenvalue weighted by molar-refractivity contribution is -0.161. The van der Waals surface area contributed by atoms with Crippen LogP contribution in [0.4, 0.5) is 0 Å². The molecule has 87 heavy (non-hydrogen) atoms. The van der Waals surface area contributed by atoms with Gasteiger partial charge in [0.25, 0.3) is 0 Å². The smallest absolute Gasteiger partial charge is 0.462 e. The molecule has 0 spiro atoms. The monoisotopic (exact) mass is 1280 g/mol. The molecule has 0 aliphatic rings. The van der Waals surface area contributed by atoms with Crippen molar-refractivity contribution in [3.05, 3.63) is 0 Å². The largest absolute Gasteiger partial charge is 0.472 e. The summed E-state index contributed by atoms with van der Waals surface area (Å²) in [6.07, 6.45) is 41.9. The van der Waals surface area contributed by atoms with Gasteiger partial charge in [-0.2, -0.15) is 0 Å². The molecule has 0 aliphatic heterocycles. The second-order valence-corrected chi connectivity index (χ2v) is 28.7. The second kappa shape index (κ2) is 59.1.